The van der Waals surface area contributed by atoms with Gasteiger partial charge in [-0.25, -0.2) is 0 Å². The number of nitrogens with one attached hydrogen (secondary N) is 2. The van der Waals surface area contributed by atoms with Crippen LogP contribution in [0.25, 0.3) is 11.1 Å². The topological polar surface area (TPSA) is 58.2 Å². The van der Waals surface area contributed by atoms with Crippen molar-refractivity contribution in [3.8, 4) is 11.1 Å². The first-order chi connectivity index (χ1) is 30.2. The lowest BCUT2D eigenvalue weighted by molar-refractivity contribution is -0.114. The molecule has 0 heterocycles. The first kappa shape index (κ1) is 60.0. The molecule has 0 aliphatic heterocycles. The molecule has 366 valence electrons. The molecular weight excluding hydrogens is 925 g/mol. The minimum atomic E-state index is -0.0401. The maximum atomic E-state index is 12.0. The Bertz CT molecular complexity index is 1900. The summed E-state index contributed by atoms with van der Waals surface area (Å²) in [5.41, 5.74) is 9.67. The van der Waals surface area contributed by atoms with Crippen LogP contribution in [0.3, 0.4) is 0 Å². The molecule has 4 aromatic rings. The second-order valence-corrected chi connectivity index (χ2v) is 33.1. The molecule has 0 unspecified atom stereocenters. The summed E-state index contributed by atoms with van der Waals surface area (Å²) in [6, 6.07) is 34.3. The molecule has 0 aromatic heterocycles. The van der Waals surface area contributed by atoms with E-state index in [2.05, 4.69) is 208 Å². The van der Waals surface area contributed by atoms with E-state index in [-0.39, 0.29) is 21.3 Å². The second-order valence-electron chi connectivity index (χ2n) is 22.3. The zero-order chi connectivity index (χ0) is 50.0. The largest absolute Gasteiger partial charge is 0.325 e. The van der Waals surface area contributed by atoms with E-state index in [1.807, 2.05) is 65.2 Å². The summed E-state index contributed by atoms with van der Waals surface area (Å²) in [4.78, 5) is 24.0. The predicted molar refractivity (Wildman–Crippen MR) is 311 cm³/mol. The van der Waals surface area contributed by atoms with Gasteiger partial charge in [-0.1, -0.05) is 203 Å². The van der Waals surface area contributed by atoms with Crippen LogP contribution in [0.1, 0.15) is 147 Å². The number of rotatable bonds is 15. The summed E-state index contributed by atoms with van der Waals surface area (Å²) in [6.45, 7) is 39.7. The molecule has 0 saturated carbocycles. The Morgan fingerprint density at radius 2 is 0.621 bits per heavy atom. The van der Waals surface area contributed by atoms with Crippen molar-refractivity contribution in [3.63, 3.8) is 0 Å². The minimum Gasteiger partial charge on any atom is -0.325 e. The summed E-state index contributed by atoms with van der Waals surface area (Å²) in [6.07, 6.45) is 0. The number of amides is 2. The van der Waals surface area contributed by atoms with Gasteiger partial charge in [-0.3, -0.25) is 9.59 Å². The standard InChI is InChI=1S/C22H30S2.C18H28N2O2S2.C16H26S2/c1-21(2,3)23-15-17-7-11-19(12-8-17)20-13-9-18(10-14-20)16-24-22(4,5)6;1-17(2,3)23-11-15(21)19-13-8-7-9-14(10-13)20-16(22)12-24-18(4,5)6;1-15(2,3)17-11-13-8-7-9-14(10-13)12-18-16(4,5)6/h7-14H,15-16H2,1-6H3;7-10H,11-12H2,1-6H3,(H,19,21)(H,20,22);7-10H,11-12H2,1-6H3. The Hall–Kier alpha value is -2.08. The highest BCUT2D eigenvalue weighted by molar-refractivity contribution is 8.01. The van der Waals surface area contributed by atoms with Crippen LogP contribution < -0.4 is 10.6 Å². The zero-order valence-electron chi connectivity index (χ0n) is 43.7. The van der Waals surface area contributed by atoms with E-state index in [0.29, 0.717) is 41.9 Å². The first-order valence-electron chi connectivity index (χ1n) is 23.0. The van der Waals surface area contributed by atoms with E-state index in [1.165, 1.54) is 33.4 Å². The second kappa shape index (κ2) is 27.3. The molecule has 0 spiro atoms. The van der Waals surface area contributed by atoms with E-state index >= 15 is 0 Å². The van der Waals surface area contributed by atoms with Gasteiger partial charge in [-0.05, 0) is 51.6 Å². The van der Waals surface area contributed by atoms with Crippen molar-refractivity contribution in [1.82, 2.24) is 0 Å². The van der Waals surface area contributed by atoms with Gasteiger partial charge in [0.05, 0.1) is 11.5 Å². The summed E-state index contributed by atoms with van der Waals surface area (Å²) in [7, 11) is 0. The highest BCUT2D eigenvalue weighted by Gasteiger charge is 2.17. The molecule has 0 radical (unpaired) electrons. The van der Waals surface area contributed by atoms with E-state index in [4.69, 9.17) is 0 Å². The molecule has 4 aromatic carbocycles. The molecule has 0 aliphatic carbocycles. The Kier molecular flexibility index (Phi) is 24.9. The maximum absolute atomic E-state index is 12.0. The molecule has 2 N–H and O–H groups in total. The van der Waals surface area contributed by atoms with Crippen LogP contribution in [0.15, 0.2) is 97.1 Å². The highest BCUT2D eigenvalue weighted by Crippen LogP contribution is 2.32. The Labute approximate surface area is 428 Å². The molecule has 10 heteroatoms. The fourth-order valence-corrected chi connectivity index (χ4v) is 9.64. The van der Waals surface area contributed by atoms with Crippen LogP contribution in [0.2, 0.25) is 0 Å². The lowest BCUT2D eigenvalue weighted by atomic mass is 10.0. The summed E-state index contributed by atoms with van der Waals surface area (Å²) >= 11 is 11.2. The molecule has 66 heavy (non-hydrogen) atoms. The highest BCUT2D eigenvalue weighted by atomic mass is 32.2. The molecule has 2 amide bonds. The van der Waals surface area contributed by atoms with Crippen LogP contribution in [-0.2, 0) is 32.6 Å². The number of hydrogen-bond acceptors (Lipinski definition) is 8. The number of benzene rings is 4. The van der Waals surface area contributed by atoms with Crippen LogP contribution in [0, 0.1) is 0 Å². The number of carbonyl (C=O) groups excluding carboxylic acids is 2. The van der Waals surface area contributed by atoms with Crippen molar-refractivity contribution in [2.24, 2.45) is 0 Å². The average Bonchev–Trinajstić information content (AvgIpc) is 3.19. The van der Waals surface area contributed by atoms with Gasteiger partial charge in [0.15, 0.2) is 0 Å². The van der Waals surface area contributed by atoms with Gasteiger partial charge in [0.1, 0.15) is 0 Å². The van der Waals surface area contributed by atoms with Crippen LogP contribution in [-0.4, -0.2) is 51.8 Å². The minimum absolute atomic E-state index is 0.0401. The van der Waals surface area contributed by atoms with Crippen LogP contribution in [0.5, 0.6) is 0 Å². The van der Waals surface area contributed by atoms with Gasteiger partial charge in [0.25, 0.3) is 0 Å². The lowest BCUT2D eigenvalue weighted by Crippen LogP contribution is -2.20. The van der Waals surface area contributed by atoms with Crippen LogP contribution >= 0.6 is 70.6 Å². The molecule has 0 fully saturated rings. The maximum Gasteiger partial charge on any atom is 0.234 e. The Morgan fingerprint density at radius 1 is 0.348 bits per heavy atom. The zero-order valence-corrected chi connectivity index (χ0v) is 48.6. The first-order valence-corrected chi connectivity index (χ1v) is 28.9. The number of hydrogen-bond donors (Lipinski definition) is 2. The fourth-order valence-electron chi connectivity index (χ4n) is 5.23. The summed E-state index contributed by atoms with van der Waals surface area (Å²) in [5, 5.41) is 5.74. The Morgan fingerprint density at radius 3 is 0.909 bits per heavy atom. The quantitative estimate of drug-likeness (QED) is 0.122. The third-order valence-corrected chi connectivity index (χ3v) is 16.5. The van der Waals surface area contributed by atoms with Crippen molar-refractivity contribution >= 4 is 93.8 Å². The van der Waals surface area contributed by atoms with Crippen molar-refractivity contribution in [1.29, 1.82) is 0 Å². The third-order valence-electron chi connectivity index (χ3n) is 8.62. The molecule has 0 atom stereocenters. The van der Waals surface area contributed by atoms with Gasteiger partial charge < -0.3 is 10.6 Å². The van der Waals surface area contributed by atoms with Crippen molar-refractivity contribution < 1.29 is 9.59 Å². The van der Waals surface area contributed by atoms with E-state index < -0.39 is 0 Å². The van der Waals surface area contributed by atoms with Crippen molar-refractivity contribution in [2.45, 2.75) is 176 Å². The molecule has 0 bridgehead atoms. The number of anilines is 2. The monoisotopic (exact) mass is 1010 g/mol. The number of thioether (sulfide) groups is 6. The van der Waals surface area contributed by atoms with Crippen LogP contribution in [0.4, 0.5) is 11.4 Å². The van der Waals surface area contributed by atoms with Crippen molar-refractivity contribution in [3.05, 3.63) is 119 Å². The molecule has 0 aliphatic rings. The van der Waals surface area contributed by atoms with E-state index in [0.717, 1.165) is 23.0 Å². The summed E-state index contributed by atoms with van der Waals surface area (Å²) < 4.78 is 1.43. The molecule has 4 rings (SSSR count). The average molecular weight is 1010 g/mol. The smallest absolute Gasteiger partial charge is 0.234 e. The van der Waals surface area contributed by atoms with Gasteiger partial charge in [0.2, 0.25) is 11.8 Å². The third kappa shape index (κ3) is 31.1. The SMILES string of the molecule is CC(C)(C)SCC(=O)Nc1cccc(NC(=O)CSC(C)(C)C)c1.CC(C)(C)SCc1ccc(-c2ccc(CSC(C)(C)C)cc2)cc1.CC(C)(C)SCc1cccc(CSC(C)(C)C)c1. The normalized spacial score (nSPS) is 12.3. The lowest BCUT2D eigenvalue weighted by Gasteiger charge is -2.19. The van der Waals surface area contributed by atoms with Gasteiger partial charge in [-0.2, -0.15) is 47.0 Å². The van der Waals surface area contributed by atoms with Crippen molar-refractivity contribution in [2.75, 3.05) is 22.1 Å². The molecule has 4 nitrogen and oxygen atoms in total. The van der Waals surface area contributed by atoms with Gasteiger partial charge >= 0.3 is 0 Å². The van der Waals surface area contributed by atoms with E-state index in [9.17, 15) is 9.59 Å². The summed E-state index contributed by atoms with van der Waals surface area (Å²) in [5.74, 6) is 5.10. The predicted octanol–water partition coefficient (Wildman–Crippen LogP) is 17.8. The Balaban J connectivity index is 0.000000344. The number of carbonyl (C=O) groups is 2. The fraction of sp³-hybridized carbons (Fsp3) is 0.536. The van der Waals surface area contributed by atoms with E-state index in [1.54, 1.807) is 29.6 Å². The van der Waals surface area contributed by atoms with Gasteiger partial charge in [-0.15, -0.1) is 23.5 Å². The van der Waals surface area contributed by atoms with Gasteiger partial charge in [0, 0.05) is 62.9 Å². The molecule has 0 saturated heterocycles. The molecular formula is C56H84N2O2S6.